The lowest BCUT2D eigenvalue weighted by Gasteiger charge is -2.56. The van der Waals surface area contributed by atoms with Crippen LogP contribution >= 0.6 is 0 Å². The van der Waals surface area contributed by atoms with Crippen molar-refractivity contribution in [3.05, 3.63) is 29.3 Å². The first-order valence-corrected chi connectivity index (χ1v) is 10.6. The maximum atomic E-state index is 13.7. The van der Waals surface area contributed by atoms with Crippen LogP contribution in [-0.2, 0) is 9.59 Å². The molecule has 5 heteroatoms. The Kier molecular flexibility index (Phi) is 4.02. The topological polar surface area (TPSA) is 75.8 Å². The molecule has 4 fully saturated rings. The molecule has 0 saturated heterocycles. The van der Waals surface area contributed by atoms with Gasteiger partial charge in [0.25, 0.3) is 5.91 Å². The molecule has 0 radical (unpaired) electrons. The molecule has 5 aliphatic rings. The first-order valence-electron chi connectivity index (χ1n) is 10.6. The van der Waals surface area contributed by atoms with Gasteiger partial charge in [0.1, 0.15) is 0 Å². The van der Waals surface area contributed by atoms with E-state index < -0.39 is 6.17 Å². The molecule has 1 heterocycles. The number of benzene rings is 1. The molecule has 4 aliphatic carbocycles. The van der Waals surface area contributed by atoms with Crippen LogP contribution in [0.2, 0.25) is 0 Å². The molecule has 5 nitrogen and oxygen atoms in total. The molecule has 1 atom stereocenters. The lowest BCUT2D eigenvalue weighted by molar-refractivity contribution is -0.143. The number of benzodiazepines with no additional fused rings is 1. The molecule has 1 aromatic rings. The summed E-state index contributed by atoms with van der Waals surface area (Å²) in [5.41, 5.74) is 9.30. The summed E-state index contributed by atoms with van der Waals surface area (Å²) in [4.78, 5) is 32.8. The highest BCUT2D eigenvalue weighted by Crippen LogP contribution is 2.60. The van der Waals surface area contributed by atoms with E-state index in [0.717, 1.165) is 41.8 Å². The molecular formula is C23H29N3O2. The fourth-order valence-corrected chi connectivity index (χ4v) is 6.83. The summed E-state index contributed by atoms with van der Waals surface area (Å²) in [6.45, 7) is 3.99. The fourth-order valence-electron chi connectivity index (χ4n) is 6.83. The lowest BCUT2D eigenvalue weighted by atomic mass is 9.48. The normalized spacial score (nSPS) is 36.2. The molecule has 4 bridgehead atoms. The molecule has 0 aromatic heterocycles. The summed E-state index contributed by atoms with van der Waals surface area (Å²) in [6, 6.07) is 5.92. The molecule has 2 N–H and O–H groups in total. The van der Waals surface area contributed by atoms with Crippen LogP contribution in [0.15, 0.2) is 23.2 Å². The number of rotatable bonds is 3. The van der Waals surface area contributed by atoms with Gasteiger partial charge in [-0.15, -0.1) is 0 Å². The summed E-state index contributed by atoms with van der Waals surface area (Å²) in [6.07, 6.45) is 6.00. The zero-order valence-corrected chi connectivity index (χ0v) is 16.8. The Bertz CT molecular complexity index is 853. The van der Waals surface area contributed by atoms with E-state index >= 15 is 0 Å². The molecule has 1 unspecified atom stereocenters. The third kappa shape index (κ3) is 2.66. The van der Waals surface area contributed by atoms with Gasteiger partial charge < -0.3 is 10.6 Å². The van der Waals surface area contributed by atoms with Crippen LogP contribution in [0.25, 0.3) is 0 Å². The number of nitrogens with two attached hydrogens (primary N) is 1. The smallest absolute Gasteiger partial charge is 0.266 e. The number of anilines is 1. The van der Waals surface area contributed by atoms with Crippen molar-refractivity contribution in [2.75, 3.05) is 11.4 Å². The van der Waals surface area contributed by atoms with E-state index in [4.69, 9.17) is 5.73 Å². The summed E-state index contributed by atoms with van der Waals surface area (Å²) >= 11 is 0. The Labute approximate surface area is 166 Å². The van der Waals surface area contributed by atoms with Crippen LogP contribution in [0.1, 0.15) is 56.6 Å². The minimum atomic E-state index is -0.948. The molecule has 6 rings (SSSR count). The minimum absolute atomic E-state index is 0.124. The third-order valence-corrected chi connectivity index (χ3v) is 7.68. The van der Waals surface area contributed by atoms with Crippen LogP contribution in [0.3, 0.4) is 0 Å². The number of para-hydroxylation sites is 1. The number of amides is 1. The number of carbonyl (C=O) groups is 2. The van der Waals surface area contributed by atoms with E-state index in [1.165, 1.54) is 19.3 Å². The van der Waals surface area contributed by atoms with Crippen molar-refractivity contribution in [1.29, 1.82) is 0 Å². The molecule has 0 spiro atoms. The third-order valence-electron chi connectivity index (χ3n) is 7.68. The number of hydrogen-bond donors (Lipinski definition) is 1. The van der Waals surface area contributed by atoms with Gasteiger partial charge in [-0.3, -0.25) is 14.6 Å². The number of Topliss-reactive ketones (excluding diaryl/α,β-unsaturated/α-hetero) is 1. The summed E-state index contributed by atoms with van der Waals surface area (Å²) in [5.74, 6) is 2.08. The monoisotopic (exact) mass is 379 g/mol. The van der Waals surface area contributed by atoms with Crippen molar-refractivity contribution in [3.63, 3.8) is 0 Å². The Hall–Kier alpha value is -2.01. The van der Waals surface area contributed by atoms with Crippen molar-refractivity contribution < 1.29 is 9.59 Å². The van der Waals surface area contributed by atoms with Crippen molar-refractivity contribution >= 4 is 23.1 Å². The van der Waals surface area contributed by atoms with Crippen molar-refractivity contribution in [3.8, 4) is 0 Å². The number of nitrogens with zero attached hydrogens (tertiary/aromatic N) is 2. The average molecular weight is 380 g/mol. The second-order valence-corrected chi connectivity index (χ2v) is 9.68. The van der Waals surface area contributed by atoms with Crippen LogP contribution in [0.5, 0.6) is 0 Å². The fraction of sp³-hybridized carbons (Fsp3) is 0.609. The van der Waals surface area contributed by atoms with E-state index in [9.17, 15) is 9.59 Å². The summed E-state index contributed by atoms with van der Waals surface area (Å²) in [7, 11) is 0. The molecule has 4 saturated carbocycles. The van der Waals surface area contributed by atoms with Gasteiger partial charge in [0, 0.05) is 16.7 Å². The first kappa shape index (κ1) is 18.0. The standard InChI is InChI=1S/C23H29N3O2/c1-13-4-3-5-18-14(2)25-21(24)22(28)26(20(13)18)12-19(27)23-9-15-6-16(10-23)8-17(7-15)11-23/h3-5,15-17,21H,6-12,24H2,1-2H3. The van der Waals surface area contributed by atoms with E-state index in [1.807, 2.05) is 32.0 Å². The van der Waals surface area contributed by atoms with Gasteiger partial charge in [-0.1, -0.05) is 18.2 Å². The summed E-state index contributed by atoms with van der Waals surface area (Å²) < 4.78 is 0. The quantitative estimate of drug-likeness (QED) is 0.876. The number of carbonyl (C=O) groups excluding carboxylic acids is 2. The SMILES string of the molecule is CC1=NC(N)C(=O)N(CC(=O)C23CC4CC(CC(C4)C2)C3)c2c(C)cccc21. The largest absolute Gasteiger partial charge is 0.302 e. The lowest BCUT2D eigenvalue weighted by Crippen LogP contribution is -2.54. The molecule has 1 amide bonds. The Balaban J connectivity index is 1.50. The van der Waals surface area contributed by atoms with E-state index in [-0.39, 0.29) is 23.7 Å². The highest BCUT2D eigenvalue weighted by atomic mass is 16.2. The molecule has 1 aliphatic heterocycles. The van der Waals surface area contributed by atoms with Gasteiger partial charge in [0.2, 0.25) is 0 Å². The number of aliphatic imine (C=N–C) groups is 1. The van der Waals surface area contributed by atoms with Crippen molar-refractivity contribution in [2.45, 2.75) is 58.5 Å². The predicted octanol–water partition coefficient (Wildman–Crippen LogP) is 3.22. The van der Waals surface area contributed by atoms with Gasteiger partial charge in [0.15, 0.2) is 11.9 Å². The molecule has 28 heavy (non-hydrogen) atoms. The zero-order valence-electron chi connectivity index (χ0n) is 16.8. The van der Waals surface area contributed by atoms with Gasteiger partial charge in [-0.25, -0.2) is 0 Å². The van der Waals surface area contributed by atoms with Crippen LogP contribution in [0, 0.1) is 30.1 Å². The average Bonchev–Trinajstić information content (AvgIpc) is 2.72. The predicted molar refractivity (Wildman–Crippen MR) is 109 cm³/mol. The Morgan fingerprint density at radius 1 is 1.14 bits per heavy atom. The minimum Gasteiger partial charge on any atom is -0.302 e. The Morgan fingerprint density at radius 3 is 2.36 bits per heavy atom. The number of ketones is 1. The number of fused-ring (bicyclic) bond motifs is 1. The van der Waals surface area contributed by atoms with Crippen molar-refractivity contribution in [2.24, 2.45) is 33.9 Å². The van der Waals surface area contributed by atoms with Crippen LogP contribution < -0.4 is 10.6 Å². The molecule has 148 valence electrons. The van der Waals surface area contributed by atoms with Gasteiger partial charge >= 0.3 is 0 Å². The highest BCUT2D eigenvalue weighted by Gasteiger charge is 2.54. The molecular weight excluding hydrogens is 350 g/mol. The maximum absolute atomic E-state index is 13.7. The zero-order chi connectivity index (χ0) is 19.6. The first-order chi connectivity index (χ1) is 13.4. The second kappa shape index (κ2) is 6.24. The summed E-state index contributed by atoms with van der Waals surface area (Å²) in [5, 5.41) is 0. The van der Waals surface area contributed by atoms with Gasteiger partial charge in [-0.05, 0) is 75.7 Å². The van der Waals surface area contributed by atoms with Crippen molar-refractivity contribution in [1.82, 2.24) is 0 Å². The highest BCUT2D eigenvalue weighted by molar-refractivity contribution is 6.14. The van der Waals surface area contributed by atoms with E-state index in [1.54, 1.807) is 4.90 Å². The van der Waals surface area contributed by atoms with Gasteiger partial charge in [-0.2, -0.15) is 0 Å². The number of aryl methyl sites for hydroxylation is 1. The number of hydrogen-bond acceptors (Lipinski definition) is 4. The van der Waals surface area contributed by atoms with E-state index in [0.29, 0.717) is 17.8 Å². The molecule has 1 aromatic carbocycles. The van der Waals surface area contributed by atoms with Crippen LogP contribution in [0.4, 0.5) is 5.69 Å². The van der Waals surface area contributed by atoms with E-state index in [2.05, 4.69) is 4.99 Å². The van der Waals surface area contributed by atoms with Crippen LogP contribution in [-0.4, -0.2) is 30.1 Å². The maximum Gasteiger partial charge on any atom is 0.266 e. The van der Waals surface area contributed by atoms with Gasteiger partial charge in [0.05, 0.1) is 12.2 Å². The second-order valence-electron chi connectivity index (χ2n) is 9.68. The Morgan fingerprint density at radius 2 is 1.75 bits per heavy atom.